The number of carbonyl (C=O) groups is 4. The van der Waals surface area contributed by atoms with Crippen LogP contribution in [0.25, 0.3) is 22.3 Å². The molecule has 4 aromatic carbocycles. The Bertz CT molecular complexity index is 2290. The maximum absolute atomic E-state index is 12.8. The van der Waals surface area contributed by atoms with Crippen LogP contribution in [-0.2, 0) is 41.7 Å². The molecule has 4 heterocycles. The van der Waals surface area contributed by atoms with Gasteiger partial charge in [-0.2, -0.15) is 0 Å². The molecule has 0 aromatic heterocycles. The summed E-state index contributed by atoms with van der Waals surface area (Å²) in [6.07, 6.45) is 4.59. The number of benzene rings is 4. The van der Waals surface area contributed by atoms with E-state index < -0.39 is 17.5 Å². The average molecular weight is 819 g/mol. The van der Waals surface area contributed by atoms with Crippen LogP contribution in [0.4, 0.5) is 11.4 Å². The van der Waals surface area contributed by atoms with Crippen LogP contribution in [-0.4, -0.2) is 102 Å². The molecule has 2 atom stereocenters. The van der Waals surface area contributed by atoms with Crippen molar-refractivity contribution in [2.75, 3.05) is 50.0 Å². The van der Waals surface area contributed by atoms with Gasteiger partial charge in [-0.25, -0.2) is 0 Å². The summed E-state index contributed by atoms with van der Waals surface area (Å²) in [6.45, 7) is 10.5. The molecule has 59 heavy (non-hydrogen) atoms. The van der Waals surface area contributed by atoms with E-state index in [-0.39, 0.29) is 35.8 Å². The molecule has 0 radical (unpaired) electrons. The third-order valence-corrected chi connectivity index (χ3v) is 9.79. The van der Waals surface area contributed by atoms with Crippen LogP contribution < -0.4 is 16.0 Å². The average Bonchev–Trinajstić information content (AvgIpc) is 3.95. The predicted octanol–water partition coefficient (Wildman–Crippen LogP) is 5.20. The molecule has 4 aliphatic heterocycles. The maximum Gasteiger partial charge on any atom is 0.255 e. The number of fused-ring (bicyclic) bond motifs is 2. The smallest absolute Gasteiger partial charge is 0.255 e. The topological polar surface area (TPSA) is 191 Å². The molecule has 4 aromatic rings. The number of amides is 3. The van der Waals surface area contributed by atoms with E-state index in [9.17, 15) is 29.4 Å². The van der Waals surface area contributed by atoms with Crippen LogP contribution in [0.3, 0.4) is 0 Å². The van der Waals surface area contributed by atoms with Crippen molar-refractivity contribution in [2.24, 2.45) is 9.98 Å². The number of nitrogens with zero attached hydrogens (tertiary/aromatic N) is 3. The number of allylic oxidation sites excluding steroid dienone is 1. The largest absolute Gasteiger partial charge is 0.508 e. The summed E-state index contributed by atoms with van der Waals surface area (Å²) in [6, 6.07) is 21.8. The molecule has 2 fully saturated rings. The Balaban J connectivity index is 0.000000180. The molecule has 0 spiro atoms. The van der Waals surface area contributed by atoms with Gasteiger partial charge in [0.05, 0.1) is 44.2 Å². The molecule has 15 heteroatoms. The number of phenols is 2. The molecule has 4 aliphatic rings. The van der Waals surface area contributed by atoms with Crippen molar-refractivity contribution in [3.8, 4) is 33.8 Å². The van der Waals surface area contributed by atoms with E-state index >= 15 is 0 Å². The van der Waals surface area contributed by atoms with E-state index in [1.807, 2.05) is 42.5 Å². The first kappa shape index (κ1) is 42.2. The minimum Gasteiger partial charge on any atom is -0.508 e. The number of rotatable bonds is 8. The van der Waals surface area contributed by atoms with Gasteiger partial charge in [-0.05, 0) is 106 Å². The fourth-order valence-corrected chi connectivity index (χ4v) is 6.61. The van der Waals surface area contributed by atoms with E-state index in [1.165, 1.54) is 6.08 Å². The fourth-order valence-electron chi connectivity index (χ4n) is 6.61. The number of ether oxygens (including phenoxy) is 2. The second-order valence-electron chi connectivity index (χ2n) is 13.6. The Morgan fingerprint density at radius 1 is 0.729 bits per heavy atom. The van der Waals surface area contributed by atoms with Gasteiger partial charge in [-0.1, -0.05) is 37.4 Å². The molecular formula is C44H43ClN6O8. The van der Waals surface area contributed by atoms with Crippen LogP contribution in [0.5, 0.6) is 11.5 Å². The molecule has 3 amide bonds. The zero-order valence-corrected chi connectivity index (χ0v) is 32.8. The summed E-state index contributed by atoms with van der Waals surface area (Å²) >= 11 is 4.71. The molecule has 5 N–H and O–H groups in total. The number of carbonyl (C=O) groups excluding carboxylic acids is 4. The number of aliphatic imine (C=N–C) groups is 2. The second kappa shape index (κ2) is 19.8. The monoisotopic (exact) mass is 818 g/mol. The Kier molecular flexibility index (Phi) is 14.2. The van der Waals surface area contributed by atoms with Gasteiger partial charge in [0.25, 0.3) is 11.8 Å². The Morgan fingerprint density at radius 2 is 1.22 bits per heavy atom. The summed E-state index contributed by atoms with van der Waals surface area (Å²) in [5.41, 5.74) is 9.06. The zero-order valence-electron chi connectivity index (χ0n) is 32.0. The first-order valence-electron chi connectivity index (χ1n) is 18.7. The number of phenolic OH excluding ortho intramolecular Hbond substituents is 2. The van der Waals surface area contributed by atoms with Crippen LogP contribution in [0.15, 0.2) is 108 Å². The van der Waals surface area contributed by atoms with Crippen molar-refractivity contribution >= 4 is 58.4 Å². The van der Waals surface area contributed by atoms with E-state index in [0.29, 0.717) is 45.1 Å². The molecule has 0 aliphatic carbocycles. The highest BCUT2D eigenvalue weighted by molar-refractivity contribution is 6.66. The Morgan fingerprint density at radius 3 is 1.68 bits per heavy atom. The second-order valence-corrected chi connectivity index (χ2v) is 14.0. The van der Waals surface area contributed by atoms with Gasteiger partial charge in [0, 0.05) is 43.2 Å². The third-order valence-electron chi connectivity index (χ3n) is 9.64. The van der Waals surface area contributed by atoms with Gasteiger partial charge in [-0.3, -0.25) is 29.2 Å². The fraction of sp³-hybridized carbons (Fsp3) is 0.227. The van der Waals surface area contributed by atoms with Crippen LogP contribution >= 0.6 is 11.6 Å². The van der Waals surface area contributed by atoms with Gasteiger partial charge < -0.3 is 40.5 Å². The Hall–Kier alpha value is -6.45. The maximum atomic E-state index is 12.8. The SMILES string of the molecule is C=CC(=O)Cl.C=CC(=O)N1CCO[C@@H](C(=O)Nc2cc(-c3ccc(O)cc3)cc3c2C=NC3)C1.O=C(Nc1cc(-c2ccc(O)cc2)cc2c1C=NC2)[C@H]1CNCCO1. The lowest BCUT2D eigenvalue weighted by molar-refractivity contribution is -0.141. The number of nitrogens with one attached hydrogen (secondary N) is 3. The first-order valence-corrected chi connectivity index (χ1v) is 19.1. The van der Waals surface area contributed by atoms with E-state index in [2.05, 4.69) is 45.2 Å². The van der Waals surface area contributed by atoms with Crippen molar-refractivity contribution in [1.29, 1.82) is 0 Å². The lowest BCUT2D eigenvalue weighted by Crippen LogP contribution is -2.49. The van der Waals surface area contributed by atoms with Crippen molar-refractivity contribution in [3.63, 3.8) is 0 Å². The minimum atomic E-state index is -0.751. The van der Waals surface area contributed by atoms with Gasteiger partial charge >= 0.3 is 0 Å². The standard InChI is InChI=1S/C22H21N3O4.C19H19N3O3.C3H3ClO/c1-2-21(27)25-7-8-29-20(13-25)22(28)24-19-10-15(9-16-11-23-12-18(16)19)14-3-5-17(26)6-4-14;23-15-3-1-12(2-4-15)13-7-14-9-21-10-16(14)17(8-13)22-19(24)18-11-20-5-6-25-18;1-2-3(4)5/h2-6,9-10,12,20,26H,1,7-8,11,13H2,(H,24,28);1-4,7-8,10,18,20,23H,5-6,9,11H2,(H,22,24);2H,1H2/t20-;18-;/m11./s1. The summed E-state index contributed by atoms with van der Waals surface area (Å²) < 4.78 is 11.1. The van der Waals surface area contributed by atoms with E-state index in [4.69, 9.17) is 21.1 Å². The predicted molar refractivity (Wildman–Crippen MR) is 227 cm³/mol. The van der Waals surface area contributed by atoms with Gasteiger partial charge in [-0.15, -0.1) is 0 Å². The number of hydrogen-bond acceptors (Lipinski definition) is 11. The lowest BCUT2D eigenvalue weighted by Gasteiger charge is -2.31. The van der Waals surface area contributed by atoms with E-state index in [0.717, 1.165) is 62.8 Å². The zero-order chi connectivity index (χ0) is 41.9. The van der Waals surface area contributed by atoms with Crippen molar-refractivity contribution in [3.05, 3.63) is 120 Å². The molecule has 0 bridgehead atoms. The molecule has 304 valence electrons. The normalized spacial score (nSPS) is 17.2. The molecule has 8 rings (SSSR count). The summed E-state index contributed by atoms with van der Waals surface area (Å²) in [5.74, 6) is -0.258. The highest BCUT2D eigenvalue weighted by atomic mass is 35.5. The molecular weight excluding hydrogens is 776 g/mol. The van der Waals surface area contributed by atoms with E-state index in [1.54, 1.807) is 41.6 Å². The third kappa shape index (κ3) is 10.9. The highest BCUT2D eigenvalue weighted by Gasteiger charge is 2.29. The summed E-state index contributed by atoms with van der Waals surface area (Å²) in [4.78, 5) is 56.9. The van der Waals surface area contributed by atoms with Crippen LogP contribution in [0.1, 0.15) is 22.3 Å². The summed E-state index contributed by atoms with van der Waals surface area (Å²) in [7, 11) is 0. The lowest BCUT2D eigenvalue weighted by atomic mass is 9.98. The molecule has 0 unspecified atom stereocenters. The van der Waals surface area contributed by atoms with Crippen molar-refractivity contribution in [1.82, 2.24) is 10.2 Å². The van der Waals surface area contributed by atoms with Crippen LogP contribution in [0.2, 0.25) is 0 Å². The number of hydrogen-bond donors (Lipinski definition) is 5. The molecule has 0 saturated carbocycles. The number of halogens is 1. The van der Waals surface area contributed by atoms with Crippen molar-refractivity contribution in [2.45, 2.75) is 25.3 Å². The molecule has 14 nitrogen and oxygen atoms in total. The minimum absolute atomic E-state index is 0.155. The van der Waals surface area contributed by atoms with Gasteiger partial charge in [0.1, 0.15) is 17.6 Å². The number of morpholine rings is 2. The van der Waals surface area contributed by atoms with Gasteiger partial charge in [0.15, 0.2) is 6.10 Å². The molecule has 2 saturated heterocycles. The number of anilines is 2. The van der Waals surface area contributed by atoms with Crippen molar-refractivity contribution < 1.29 is 38.9 Å². The quantitative estimate of drug-likeness (QED) is 0.118. The highest BCUT2D eigenvalue weighted by Crippen LogP contribution is 2.33. The first-order chi connectivity index (χ1) is 28.5. The number of aromatic hydroxyl groups is 2. The Labute approximate surface area is 345 Å². The van der Waals surface area contributed by atoms with Crippen LogP contribution in [0, 0.1) is 0 Å². The summed E-state index contributed by atoms with van der Waals surface area (Å²) in [5, 5.41) is 27.6. The van der Waals surface area contributed by atoms with Gasteiger partial charge in [0.2, 0.25) is 11.1 Å².